The molecule has 2 fully saturated rings. The normalized spacial score (nSPS) is 32.4. The Labute approximate surface area is 171 Å². The number of hydrogen-bond donors (Lipinski definition) is 2. The second-order valence-corrected chi connectivity index (χ2v) is 12.0. The third kappa shape index (κ3) is 3.10. The van der Waals surface area contributed by atoms with Crippen LogP contribution in [0.5, 0.6) is 5.75 Å². The summed E-state index contributed by atoms with van der Waals surface area (Å²) in [6.45, 7) is 19.7. The Morgan fingerprint density at radius 2 is 1.64 bits per heavy atom. The van der Waals surface area contributed by atoms with Crippen LogP contribution in [0.4, 0.5) is 0 Å². The maximum absolute atomic E-state index is 11.0. The lowest BCUT2D eigenvalue weighted by Gasteiger charge is -2.36. The summed E-state index contributed by atoms with van der Waals surface area (Å²) in [5, 5.41) is 22.0. The molecule has 3 heteroatoms. The highest BCUT2D eigenvalue weighted by molar-refractivity contribution is 5.85. The van der Waals surface area contributed by atoms with Gasteiger partial charge in [0.1, 0.15) is 5.75 Å². The van der Waals surface area contributed by atoms with E-state index in [0.717, 1.165) is 24.0 Å². The van der Waals surface area contributed by atoms with Crippen LogP contribution in [-0.4, -0.2) is 28.6 Å². The molecule has 1 aromatic carbocycles. The van der Waals surface area contributed by atoms with Crippen molar-refractivity contribution in [2.45, 2.75) is 98.1 Å². The lowest BCUT2D eigenvalue weighted by molar-refractivity contribution is 0.00624. The molecule has 0 amide bonds. The average molecular weight is 386 g/mol. The molecule has 3 nitrogen and oxygen atoms in total. The van der Waals surface area contributed by atoms with Gasteiger partial charge in [0.15, 0.2) is 0 Å². The standard InChI is InChI=1S/C25H39NO2/c1-22(2,3)16-12-15(20(27)18(13-16)23(4,5)6)14-26-19-17-10-11-25(9,21(19)28)24(17,7)8/h12-14,17,19,21,27-28H,10-11H2,1-9H3. The lowest BCUT2D eigenvalue weighted by atomic mass is 9.70. The van der Waals surface area contributed by atoms with Gasteiger partial charge in [-0.25, -0.2) is 0 Å². The highest BCUT2D eigenvalue weighted by Gasteiger charge is 2.65. The summed E-state index contributed by atoms with van der Waals surface area (Å²) in [7, 11) is 0. The van der Waals surface area contributed by atoms with Crippen LogP contribution in [-0.2, 0) is 10.8 Å². The molecular formula is C25H39NO2. The van der Waals surface area contributed by atoms with E-state index in [4.69, 9.17) is 4.99 Å². The van der Waals surface area contributed by atoms with Gasteiger partial charge in [0.25, 0.3) is 0 Å². The van der Waals surface area contributed by atoms with Crippen molar-refractivity contribution in [2.24, 2.45) is 21.7 Å². The predicted molar refractivity (Wildman–Crippen MR) is 118 cm³/mol. The molecule has 1 aromatic rings. The molecule has 0 saturated heterocycles. The summed E-state index contributed by atoms with van der Waals surface area (Å²) in [6, 6.07) is 4.09. The van der Waals surface area contributed by atoms with E-state index in [1.807, 2.05) is 6.21 Å². The molecule has 3 rings (SSSR count). The van der Waals surface area contributed by atoms with Gasteiger partial charge >= 0.3 is 0 Å². The van der Waals surface area contributed by atoms with Crippen LogP contribution in [0, 0.1) is 16.7 Å². The van der Waals surface area contributed by atoms with Crippen LogP contribution >= 0.6 is 0 Å². The van der Waals surface area contributed by atoms with Gasteiger partial charge < -0.3 is 10.2 Å². The van der Waals surface area contributed by atoms with E-state index in [-0.39, 0.29) is 27.7 Å². The van der Waals surface area contributed by atoms with Crippen molar-refractivity contribution < 1.29 is 10.2 Å². The molecular weight excluding hydrogens is 346 g/mol. The topological polar surface area (TPSA) is 52.8 Å². The number of nitrogens with zero attached hydrogens (tertiary/aromatic N) is 1. The first-order valence-electron chi connectivity index (χ1n) is 10.7. The lowest BCUT2D eigenvalue weighted by Crippen LogP contribution is -2.39. The van der Waals surface area contributed by atoms with Crippen LogP contribution in [0.2, 0.25) is 0 Å². The highest BCUT2D eigenvalue weighted by atomic mass is 16.3. The Hall–Kier alpha value is -1.35. The zero-order valence-corrected chi connectivity index (χ0v) is 19.2. The Morgan fingerprint density at radius 3 is 2.11 bits per heavy atom. The summed E-state index contributed by atoms with van der Waals surface area (Å²) in [5.41, 5.74) is 2.73. The minimum Gasteiger partial charge on any atom is -0.507 e. The molecule has 4 unspecified atom stereocenters. The fourth-order valence-electron chi connectivity index (χ4n) is 5.40. The van der Waals surface area contributed by atoms with E-state index < -0.39 is 6.10 Å². The number of rotatable bonds is 2. The maximum Gasteiger partial charge on any atom is 0.128 e. The first-order chi connectivity index (χ1) is 12.6. The molecule has 0 heterocycles. The molecule has 2 saturated carbocycles. The molecule has 2 N–H and O–H groups in total. The smallest absolute Gasteiger partial charge is 0.128 e. The van der Waals surface area contributed by atoms with Gasteiger partial charge in [0.05, 0.1) is 12.1 Å². The largest absolute Gasteiger partial charge is 0.507 e. The molecule has 156 valence electrons. The molecule has 0 aromatic heterocycles. The monoisotopic (exact) mass is 385 g/mol. The SMILES string of the molecule is CC(C)(C)c1cc(C=NC2C3CCC(C)(C2O)C3(C)C)c(O)c(C(C)(C)C)c1. The van der Waals surface area contributed by atoms with Crippen molar-refractivity contribution in [1.82, 2.24) is 0 Å². The molecule has 2 aliphatic carbocycles. The summed E-state index contributed by atoms with van der Waals surface area (Å²) < 4.78 is 0. The molecule has 28 heavy (non-hydrogen) atoms. The number of aliphatic hydroxyl groups excluding tert-OH is 1. The third-order valence-corrected chi connectivity index (χ3v) is 7.96. The van der Waals surface area contributed by atoms with Crippen LogP contribution in [0.1, 0.15) is 91.8 Å². The quantitative estimate of drug-likeness (QED) is 0.652. The summed E-state index contributed by atoms with van der Waals surface area (Å²) in [6.07, 6.45) is 3.57. The van der Waals surface area contributed by atoms with Gasteiger partial charge in [0.2, 0.25) is 0 Å². The minimum atomic E-state index is -0.424. The third-order valence-electron chi connectivity index (χ3n) is 7.96. The Balaban J connectivity index is 2.03. The second kappa shape index (κ2) is 6.32. The van der Waals surface area contributed by atoms with E-state index >= 15 is 0 Å². The van der Waals surface area contributed by atoms with Crippen molar-refractivity contribution in [3.8, 4) is 5.75 Å². The Kier molecular flexibility index (Phi) is 4.82. The predicted octanol–water partition coefficient (Wildman–Crippen LogP) is 5.59. The van der Waals surface area contributed by atoms with Crippen molar-refractivity contribution in [3.05, 3.63) is 28.8 Å². The number of phenols is 1. The van der Waals surface area contributed by atoms with E-state index in [1.165, 1.54) is 5.56 Å². The van der Waals surface area contributed by atoms with Crippen molar-refractivity contribution >= 4 is 6.21 Å². The fourth-order valence-corrected chi connectivity index (χ4v) is 5.40. The Morgan fingerprint density at radius 1 is 1.04 bits per heavy atom. The molecule has 0 spiro atoms. The number of aliphatic hydroxyl groups is 1. The summed E-state index contributed by atoms with van der Waals surface area (Å²) in [4.78, 5) is 4.87. The minimum absolute atomic E-state index is 0.0162. The van der Waals surface area contributed by atoms with Crippen LogP contribution in [0.15, 0.2) is 17.1 Å². The zero-order chi connectivity index (χ0) is 21.3. The number of hydrogen-bond acceptors (Lipinski definition) is 3. The van der Waals surface area contributed by atoms with Crippen LogP contribution < -0.4 is 0 Å². The molecule has 2 bridgehead atoms. The number of benzene rings is 1. The van der Waals surface area contributed by atoms with Crippen LogP contribution in [0.3, 0.4) is 0 Å². The molecule has 2 aliphatic rings. The molecule has 0 aliphatic heterocycles. The second-order valence-electron chi connectivity index (χ2n) is 12.0. The van der Waals surface area contributed by atoms with Gasteiger partial charge in [-0.2, -0.15) is 0 Å². The van der Waals surface area contributed by atoms with E-state index in [2.05, 4.69) is 74.4 Å². The summed E-state index contributed by atoms with van der Waals surface area (Å²) in [5.74, 6) is 0.700. The van der Waals surface area contributed by atoms with E-state index in [1.54, 1.807) is 0 Å². The van der Waals surface area contributed by atoms with Gasteiger partial charge in [0, 0.05) is 22.8 Å². The maximum atomic E-state index is 11.0. The van der Waals surface area contributed by atoms with Crippen LogP contribution in [0.25, 0.3) is 0 Å². The van der Waals surface area contributed by atoms with Crippen molar-refractivity contribution in [3.63, 3.8) is 0 Å². The van der Waals surface area contributed by atoms with Gasteiger partial charge in [-0.15, -0.1) is 0 Å². The highest BCUT2D eigenvalue weighted by Crippen LogP contribution is 2.66. The number of aromatic hydroxyl groups is 1. The van der Waals surface area contributed by atoms with Crippen molar-refractivity contribution in [2.75, 3.05) is 0 Å². The first-order valence-corrected chi connectivity index (χ1v) is 10.7. The molecule has 0 radical (unpaired) electrons. The number of phenolic OH excluding ortho intramolecular Hbond substituents is 1. The summed E-state index contributed by atoms with van der Waals surface area (Å²) >= 11 is 0. The van der Waals surface area contributed by atoms with E-state index in [9.17, 15) is 10.2 Å². The Bertz CT molecular complexity index is 794. The number of fused-ring (bicyclic) bond motifs is 2. The van der Waals surface area contributed by atoms with Gasteiger partial charge in [-0.3, -0.25) is 4.99 Å². The average Bonchev–Trinajstić information content (AvgIpc) is 2.84. The first kappa shape index (κ1) is 21.4. The van der Waals surface area contributed by atoms with Gasteiger partial charge in [-0.05, 0) is 46.6 Å². The fraction of sp³-hybridized carbons (Fsp3) is 0.720. The zero-order valence-electron chi connectivity index (χ0n) is 19.2. The van der Waals surface area contributed by atoms with Crippen molar-refractivity contribution in [1.29, 1.82) is 0 Å². The van der Waals surface area contributed by atoms with E-state index in [0.29, 0.717) is 11.7 Å². The molecule has 4 atom stereocenters. The number of aliphatic imine (C=N–C) groups is 1. The van der Waals surface area contributed by atoms with Gasteiger partial charge in [-0.1, -0.05) is 68.4 Å².